The molecule has 5 nitrogen and oxygen atoms in total. The van der Waals surface area contributed by atoms with Crippen LogP contribution in [0.25, 0.3) is 0 Å². The van der Waals surface area contributed by atoms with Gasteiger partial charge in [-0.1, -0.05) is 0 Å². The first-order valence-electron chi connectivity index (χ1n) is 8.47. The minimum atomic E-state index is 0.0836. The number of amides is 1. The third kappa shape index (κ3) is 4.29. The lowest BCUT2D eigenvalue weighted by atomic mass is 10.1. The fraction of sp³-hybridized carbons (Fsp3) is 0.556. The Labute approximate surface area is 147 Å². The van der Waals surface area contributed by atoms with Crippen molar-refractivity contribution in [1.29, 1.82) is 5.26 Å². The van der Waals surface area contributed by atoms with E-state index in [0.717, 1.165) is 57.3 Å². The van der Waals surface area contributed by atoms with E-state index in [0.29, 0.717) is 11.1 Å². The monoisotopic (exact) mass is 345 g/mol. The zero-order valence-electron chi connectivity index (χ0n) is 13.8. The van der Waals surface area contributed by atoms with Crippen molar-refractivity contribution in [3.8, 4) is 6.07 Å². The highest BCUT2D eigenvalue weighted by Crippen LogP contribution is 2.20. The summed E-state index contributed by atoms with van der Waals surface area (Å²) in [6, 6.07) is 9.31. The third-order valence-corrected chi connectivity index (χ3v) is 5.73. The van der Waals surface area contributed by atoms with Gasteiger partial charge in [-0.2, -0.15) is 17.0 Å². The van der Waals surface area contributed by atoms with Gasteiger partial charge < -0.3 is 9.64 Å². The average molecular weight is 345 g/mol. The fourth-order valence-corrected chi connectivity index (χ4v) is 4.24. The number of carbonyl (C=O) groups excluding carboxylic acids is 1. The first-order chi connectivity index (χ1) is 11.8. The molecule has 128 valence electrons. The number of hydrogen-bond donors (Lipinski definition) is 0. The van der Waals surface area contributed by atoms with Gasteiger partial charge in [-0.25, -0.2) is 0 Å². The molecule has 1 aromatic carbocycles. The van der Waals surface area contributed by atoms with Crippen LogP contribution in [0.15, 0.2) is 24.3 Å². The Morgan fingerprint density at radius 2 is 2.00 bits per heavy atom. The quantitative estimate of drug-likeness (QED) is 0.837. The molecule has 2 saturated heterocycles. The van der Waals surface area contributed by atoms with Crippen LogP contribution in [0.5, 0.6) is 0 Å². The lowest BCUT2D eigenvalue weighted by Gasteiger charge is -2.35. The Morgan fingerprint density at radius 3 is 2.71 bits per heavy atom. The third-order valence-electron chi connectivity index (χ3n) is 4.53. The van der Waals surface area contributed by atoms with E-state index in [9.17, 15) is 4.79 Å². The minimum Gasteiger partial charge on any atom is -0.379 e. The standard InChI is InChI=1S/C18H23N3O2S/c19-12-15-2-4-16(5-3-15)18(22)21-6-1-11-24-14-17(21)13-20-7-9-23-10-8-20/h2-5,17H,1,6-11,13-14H2. The summed E-state index contributed by atoms with van der Waals surface area (Å²) in [5.41, 5.74) is 1.26. The van der Waals surface area contributed by atoms with Crippen molar-refractivity contribution in [1.82, 2.24) is 9.80 Å². The molecule has 0 N–H and O–H groups in total. The molecule has 2 aliphatic heterocycles. The molecule has 1 amide bonds. The van der Waals surface area contributed by atoms with Crippen LogP contribution in [-0.2, 0) is 4.74 Å². The summed E-state index contributed by atoms with van der Waals surface area (Å²) in [7, 11) is 0. The van der Waals surface area contributed by atoms with E-state index in [-0.39, 0.29) is 11.9 Å². The van der Waals surface area contributed by atoms with Crippen molar-refractivity contribution in [3.63, 3.8) is 0 Å². The summed E-state index contributed by atoms with van der Waals surface area (Å²) in [6.07, 6.45) is 1.03. The zero-order valence-corrected chi connectivity index (χ0v) is 14.6. The first kappa shape index (κ1) is 17.3. The lowest BCUT2D eigenvalue weighted by molar-refractivity contribution is 0.0245. The Kier molecular flexibility index (Phi) is 6.13. The number of hydrogen-bond acceptors (Lipinski definition) is 5. The lowest BCUT2D eigenvalue weighted by Crippen LogP contribution is -2.50. The van der Waals surface area contributed by atoms with Crippen molar-refractivity contribution < 1.29 is 9.53 Å². The largest absolute Gasteiger partial charge is 0.379 e. The smallest absolute Gasteiger partial charge is 0.254 e. The molecule has 2 heterocycles. The van der Waals surface area contributed by atoms with Gasteiger partial charge in [0.15, 0.2) is 0 Å². The van der Waals surface area contributed by atoms with Gasteiger partial charge in [0.25, 0.3) is 5.91 Å². The van der Waals surface area contributed by atoms with Crippen LogP contribution >= 0.6 is 11.8 Å². The van der Waals surface area contributed by atoms with Crippen LogP contribution < -0.4 is 0 Å². The van der Waals surface area contributed by atoms with Crippen LogP contribution in [0.4, 0.5) is 0 Å². The SMILES string of the molecule is N#Cc1ccc(C(=O)N2CCCSCC2CN2CCOCC2)cc1. The summed E-state index contributed by atoms with van der Waals surface area (Å²) in [4.78, 5) is 17.4. The van der Waals surface area contributed by atoms with Gasteiger partial charge >= 0.3 is 0 Å². The van der Waals surface area contributed by atoms with Gasteiger partial charge in [0, 0.05) is 37.5 Å². The van der Waals surface area contributed by atoms with Gasteiger partial charge in [0.05, 0.1) is 30.9 Å². The maximum absolute atomic E-state index is 13.0. The van der Waals surface area contributed by atoms with Crippen LogP contribution in [0, 0.1) is 11.3 Å². The maximum Gasteiger partial charge on any atom is 0.254 e. The molecular formula is C18H23N3O2S. The van der Waals surface area contributed by atoms with Crippen molar-refractivity contribution in [2.45, 2.75) is 12.5 Å². The van der Waals surface area contributed by atoms with Crippen molar-refractivity contribution in [2.24, 2.45) is 0 Å². The predicted molar refractivity (Wildman–Crippen MR) is 95.2 cm³/mol. The van der Waals surface area contributed by atoms with Crippen LogP contribution in [0.3, 0.4) is 0 Å². The molecule has 0 radical (unpaired) electrons. The summed E-state index contributed by atoms with van der Waals surface area (Å²) in [5, 5.41) is 8.91. The summed E-state index contributed by atoms with van der Waals surface area (Å²) in [5.74, 6) is 2.18. The van der Waals surface area contributed by atoms with Gasteiger partial charge in [-0.05, 0) is 36.4 Å². The summed E-state index contributed by atoms with van der Waals surface area (Å²) >= 11 is 1.94. The molecule has 1 atom stereocenters. The van der Waals surface area contributed by atoms with E-state index in [4.69, 9.17) is 10.00 Å². The van der Waals surface area contributed by atoms with Gasteiger partial charge in [-0.3, -0.25) is 9.69 Å². The zero-order chi connectivity index (χ0) is 16.8. The van der Waals surface area contributed by atoms with Crippen molar-refractivity contribution in [3.05, 3.63) is 35.4 Å². The Morgan fingerprint density at radius 1 is 1.25 bits per heavy atom. The van der Waals surface area contributed by atoms with E-state index in [2.05, 4.69) is 11.0 Å². The van der Waals surface area contributed by atoms with Crippen LogP contribution in [-0.4, -0.2) is 72.6 Å². The summed E-state index contributed by atoms with van der Waals surface area (Å²) in [6.45, 7) is 5.17. The van der Waals surface area contributed by atoms with Gasteiger partial charge in [0.1, 0.15) is 0 Å². The molecule has 0 bridgehead atoms. The molecule has 1 aromatic rings. The second-order valence-electron chi connectivity index (χ2n) is 6.18. The predicted octanol–water partition coefficient (Wildman–Crippen LogP) is 1.84. The number of thioether (sulfide) groups is 1. The average Bonchev–Trinajstić information content (AvgIpc) is 2.87. The number of morpholine rings is 1. The van der Waals surface area contributed by atoms with Crippen LogP contribution in [0.2, 0.25) is 0 Å². The van der Waals surface area contributed by atoms with Crippen molar-refractivity contribution in [2.75, 3.05) is 50.9 Å². The molecule has 0 aromatic heterocycles. The van der Waals surface area contributed by atoms with Gasteiger partial charge in [0.2, 0.25) is 0 Å². The molecule has 6 heteroatoms. The number of carbonyl (C=O) groups is 1. The second kappa shape index (κ2) is 8.52. The highest BCUT2D eigenvalue weighted by molar-refractivity contribution is 7.99. The number of benzene rings is 1. The molecule has 0 aliphatic carbocycles. The van der Waals surface area contributed by atoms with E-state index in [1.54, 1.807) is 24.3 Å². The molecule has 2 aliphatic rings. The van der Waals surface area contributed by atoms with E-state index < -0.39 is 0 Å². The number of rotatable bonds is 3. The number of nitrogens with zero attached hydrogens (tertiary/aromatic N) is 3. The molecule has 24 heavy (non-hydrogen) atoms. The number of ether oxygens (including phenoxy) is 1. The molecule has 1 unspecified atom stereocenters. The topological polar surface area (TPSA) is 56.6 Å². The Hall–Kier alpha value is -1.55. The molecule has 0 saturated carbocycles. The molecule has 0 spiro atoms. The second-order valence-corrected chi connectivity index (χ2v) is 7.33. The Bertz CT molecular complexity index is 593. The highest BCUT2D eigenvalue weighted by Gasteiger charge is 2.28. The van der Waals surface area contributed by atoms with Crippen molar-refractivity contribution >= 4 is 17.7 Å². The first-order valence-corrected chi connectivity index (χ1v) is 9.62. The maximum atomic E-state index is 13.0. The normalized spacial score (nSPS) is 22.6. The van der Waals surface area contributed by atoms with E-state index in [1.807, 2.05) is 16.7 Å². The highest BCUT2D eigenvalue weighted by atomic mass is 32.2. The molecule has 2 fully saturated rings. The molecule has 3 rings (SSSR count). The summed E-state index contributed by atoms with van der Waals surface area (Å²) < 4.78 is 5.43. The van der Waals surface area contributed by atoms with E-state index in [1.165, 1.54) is 0 Å². The minimum absolute atomic E-state index is 0.0836. The van der Waals surface area contributed by atoms with Gasteiger partial charge in [-0.15, -0.1) is 0 Å². The molecular weight excluding hydrogens is 322 g/mol. The fourth-order valence-electron chi connectivity index (χ4n) is 3.18. The van der Waals surface area contributed by atoms with Crippen LogP contribution in [0.1, 0.15) is 22.3 Å². The van der Waals surface area contributed by atoms with E-state index >= 15 is 0 Å². The Balaban J connectivity index is 1.72. The number of nitriles is 1.